The van der Waals surface area contributed by atoms with Crippen LogP contribution in [0.3, 0.4) is 0 Å². The predicted molar refractivity (Wildman–Crippen MR) is 84.9 cm³/mol. The van der Waals surface area contributed by atoms with Gasteiger partial charge in [0.05, 0.1) is 21.3 Å². The molecule has 22 heavy (non-hydrogen) atoms. The number of benzene rings is 1. The summed E-state index contributed by atoms with van der Waals surface area (Å²) >= 11 is 1.44. The smallest absolute Gasteiger partial charge is 0.277 e. The Balaban J connectivity index is 2.34. The van der Waals surface area contributed by atoms with Gasteiger partial charge in [-0.1, -0.05) is 23.9 Å². The largest absolute Gasteiger partial charge is 0.493 e. The summed E-state index contributed by atoms with van der Waals surface area (Å²) in [4.78, 5) is 0. The number of methoxy groups -OCH3 is 3. The number of aromatic nitrogens is 2. The first kappa shape index (κ1) is 16.2. The van der Waals surface area contributed by atoms with Crippen LogP contribution in [0.15, 0.2) is 33.9 Å². The summed E-state index contributed by atoms with van der Waals surface area (Å²) in [5.74, 6) is 2.71. The van der Waals surface area contributed by atoms with Gasteiger partial charge >= 0.3 is 0 Å². The minimum absolute atomic E-state index is 0.392. The number of thioether (sulfide) groups is 1. The van der Waals surface area contributed by atoms with Gasteiger partial charge in [-0.2, -0.15) is 0 Å². The van der Waals surface area contributed by atoms with Gasteiger partial charge in [0.2, 0.25) is 11.6 Å². The number of nitrogens with zero attached hydrogens (tertiary/aromatic N) is 2. The fraction of sp³-hybridized carbons (Fsp3) is 0.333. The SMILES string of the molecule is C=C(C)CSc1nnc(-c2cc(OC)c(OC)c(OC)c2)o1. The lowest BCUT2D eigenvalue weighted by molar-refractivity contribution is 0.324. The molecule has 1 heterocycles. The maximum atomic E-state index is 5.64. The molecule has 0 bridgehead atoms. The van der Waals surface area contributed by atoms with Crippen LogP contribution in [0.4, 0.5) is 0 Å². The van der Waals surface area contributed by atoms with Crippen LogP contribution in [-0.2, 0) is 0 Å². The molecule has 0 aliphatic carbocycles. The topological polar surface area (TPSA) is 66.6 Å². The highest BCUT2D eigenvalue weighted by Gasteiger charge is 2.17. The molecule has 0 aliphatic rings. The van der Waals surface area contributed by atoms with E-state index in [1.54, 1.807) is 33.5 Å². The predicted octanol–water partition coefficient (Wildman–Crippen LogP) is 3.43. The first-order valence-electron chi connectivity index (χ1n) is 6.50. The van der Waals surface area contributed by atoms with E-state index in [1.165, 1.54) is 11.8 Å². The Hall–Kier alpha value is -2.15. The van der Waals surface area contributed by atoms with E-state index < -0.39 is 0 Å². The van der Waals surface area contributed by atoms with E-state index >= 15 is 0 Å². The van der Waals surface area contributed by atoms with Crippen molar-refractivity contribution >= 4 is 11.8 Å². The second-order valence-corrected chi connectivity index (χ2v) is 5.46. The zero-order valence-corrected chi connectivity index (χ0v) is 13.8. The Bertz CT molecular complexity index is 644. The summed E-state index contributed by atoms with van der Waals surface area (Å²) in [6, 6.07) is 3.53. The van der Waals surface area contributed by atoms with Gasteiger partial charge in [-0.3, -0.25) is 0 Å². The van der Waals surface area contributed by atoms with Crippen LogP contribution in [0.1, 0.15) is 6.92 Å². The number of rotatable bonds is 7. The third-order valence-electron chi connectivity index (χ3n) is 2.76. The van der Waals surface area contributed by atoms with Crippen molar-refractivity contribution in [2.24, 2.45) is 0 Å². The molecule has 2 aromatic rings. The molecule has 0 N–H and O–H groups in total. The highest BCUT2D eigenvalue weighted by atomic mass is 32.2. The van der Waals surface area contributed by atoms with Crippen LogP contribution < -0.4 is 14.2 Å². The van der Waals surface area contributed by atoms with E-state index in [4.69, 9.17) is 18.6 Å². The summed E-state index contributed by atoms with van der Waals surface area (Å²) in [5, 5.41) is 8.55. The Morgan fingerprint density at radius 2 is 1.77 bits per heavy atom. The zero-order chi connectivity index (χ0) is 16.1. The van der Waals surface area contributed by atoms with E-state index in [9.17, 15) is 0 Å². The van der Waals surface area contributed by atoms with Gasteiger partial charge in [-0.05, 0) is 19.1 Å². The van der Waals surface area contributed by atoms with E-state index in [2.05, 4.69) is 16.8 Å². The molecular formula is C15H18N2O4S. The summed E-state index contributed by atoms with van der Waals surface area (Å²) in [7, 11) is 4.67. The fourth-order valence-electron chi connectivity index (χ4n) is 1.77. The summed E-state index contributed by atoms with van der Waals surface area (Å²) in [5.41, 5.74) is 1.74. The second kappa shape index (κ2) is 7.22. The standard InChI is InChI=1S/C15H18N2O4S/c1-9(2)8-22-15-17-16-14(21-15)10-6-11(18-3)13(20-5)12(7-10)19-4/h6-7H,1,8H2,2-5H3. The van der Waals surface area contributed by atoms with Crippen LogP contribution in [0.25, 0.3) is 11.5 Å². The number of ether oxygens (including phenoxy) is 3. The van der Waals surface area contributed by atoms with Crippen LogP contribution in [0.5, 0.6) is 17.2 Å². The average Bonchev–Trinajstić information content (AvgIpc) is 3.00. The van der Waals surface area contributed by atoms with Crippen LogP contribution in [0.2, 0.25) is 0 Å². The van der Waals surface area contributed by atoms with Crippen LogP contribution in [0, 0.1) is 0 Å². The third kappa shape index (κ3) is 3.54. The maximum absolute atomic E-state index is 5.64. The van der Waals surface area contributed by atoms with Crippen molar-refractivity contribution in [3.05, 3.63) is 24.3 Å². The average molecular weight is 322 g/mol. The quantitative estimate of drug-likeness (QED) is 0.571. The van der Waals surface area contributed by atoms with Gasteiger partial charge in [0.15, 0.2) is 11.5 Å². The van der Waals surface area contributed by atoms with Gasteiger partial charge in [0, 0.05) is 11.3 Å². The minimum atomic E-state index is 0.392. The van der Waals surface area contributed by atoms with Gasteiger partial charge < -0.3 is 18.6 Å². The Labute approximate surface area is 133 Å². The van der Waals surface area contributed by atoms with Crippen molar-refractivity contribution in [2.75, 3.05) is 27.1 Å². The van der Waals surface area contributed by atoms with Gasteiger partial charge in [-0.25, -0.2) is 0 Å². The molecule has 6 nitrogen and oxygen atoms in total. The highest BCUT2D eigenvalue weighted by Crippen LogP contribution is 2.41. The maximum Gasteiger partial charge on any atom is 0.277 e. The summed E-state index contributed by atoms with van der Waals surface area (Å²) in [6.45, 7) is 5.79. The molecule has 2 rings (SSSR count). The Morgan fingerprint density at radius 3 is 2.27 bits per heavy atom. The van der Waals surface area contributed by atoms with E-state index in [-0.39, 0.29) is 0 Å². The molecule has 0 spiro atoms. The molecule has 0 atom stereocenters. The molecule has 0 fully saturated rings. The van der Waals surface area contributed by atoms with Crippen molar-refractivity contribution in [1.29, 1.82) is 0 Å². The van der Waals surface area contributed by atoms with Gasteiger partial charge in [-0.15, -0.1) is 10.2 Å². The minimum Gasteiger partial charge on any atom is -0.493 e. The highest BCUT2D eigenvalue weighted by molar-refractivity contribution is 7.99. The van der Waals surface area contributed by atoms with Gasteiger partial charge in [0.25, 0.3) is 5.22 Å². The molecule has 0 aliphatic heterocycles. The van der Waals surface area contributed by atoms with Crippen molar-refractivity contribution in [3.63, 3.8) is 0 Å². The Morgan fingerprint density at radius 1 is 1.14 bits per heavy atom. The monoisotopic (exact) mass is 322 g/mol. The van der Waals surface area contributed by atoms with Crippen molar-refractivity contribution in [1.82, 2.24) is 10.2 Å². The molecule has 1 aromatic heterocycles. The summed E-state index contributed by atoms with van der Waals surface area (Å²) < 4.78 is 21.6. The van der Waals surface area contributed by atoms with Crippen molar-refractivity contribution in [3.8, 4) is 28.7 Å². The first-order valence-corrected chi connectivity index (χ1v) is 7.48. The molecule has 0 amide bonds. The van der Waals surface area contributed by atoms with Crippen LogP contribution >= 0.6 is 11.8 Å². The lowest BCUT2D eigenvalue weighted by atomic mass is 10.2. The molecule has 0 saturated carbocycles. The molecule has 118 valence electrons. The Kier molecular flexibility index (Phi) is 5.32. The van der Waals surface area contributed by atoms with Crippen LogP contribution in [-0.4, -0.2) is 37.3 Å². The molecular weight excluding hydrogens is 304 g/mol. The molecule has 0 unspecified atom stereocenters. The molecule has 0 radical (unpaired) electrons. The van der Waals surface area contributed by atoms with E-state index in [0.29, 0.717) is 33.9 Å². The van der Waals surface area contributed by atoms with Crippen molar-refractivity contribution in [2.45, 2.75) is 12.1 Å². The molecule has 7 heteroatoms. The lowest BCUT2D eigenvalue weighted by Gasteiger charge is -2.12. The second-order valence-electron chi connectivity index (χ2n) is 4.53. The third-order valence-corrected chi connectivity index (χ3v) is 3.81. The van der Waals surface area contributed by atoms with Gasteiger partial charge in [0.1, 0.15) is 0 Å². The summed E-state index contributed by atoms with van der Waals surface area (Å²) in [6.07, 6.45) is 0. The normalized spacial score (nSPS) is 10.4. The van der Waals surface area contributed by atoms with E-state index in [1.807, 2.05) is 6.92 Å². The molecule has 0 saturated heterocycles. The lowest BCUT2D eigenvalue weighted by Crippen LogP contribution is -1.95. The first-order chi connectivity index (χ1) is 10.6. The number of hydrogen-bond acceptors (Lipinski definition) is 7. The number of hydrogen-bond donors (Lipinski definition) is 0. The fourth-order valence-corrected chi connectivity index (χ4v) is 2.38. The molecule has 1 aromatic carbocycles. The van der Waals surface area contributed by atoms with Crippen molar-refractivity contribution < 1.29 is 18.6 Å². The zero-order valence-electron chi connectivity index (χ0n) is 13.0. The van der Waals surface area contributed by atoms with E-state index in [0.717, 1.165) is 11.3 Å².